The highest BCUT2D eigenvalue weighted by molar-refractivity contribution is 7.12. The van der Waals surface area contributed by atoms with Crippen molar-refractivity contribution >= 4 is 17.2 Å². The van der Waals surface area contributed by atoms with Gasteiger partial charge in [-0.25, -0.2) is 0 Å². The molecule has 0 radical (unpaired) electrons. The lowest BCUT2D eigenvalue weighted by molar-refractivity contribution is 0.0364. The molecule has 1 aromatic heterocycles. The first-order valence-corrected chi connectivity index (χ1v) is 7.23. The number of nitrogens with zero attached hydrogens (tertiary/aromatic N) is 1. The predicted octanol–water partition coefficient (Wildman–Crippen LogP) is 1.31. The van der Waals surface area contributed by atoms with Crippen LogP contribution >= 0.6 is 11.3 Å². The van der Waals surface area contributed by atoms with Crippen LogP contribution in [0.4, 0.5) is 0 Å². The van der Waals surface area contributed by atoms with Crippen molar-refractivity contribution in [3.63, 3.8) is 0 Å². The van der Waals surface area contributed by atoms with Crippen LogP contribution in [0.2, 0.25) is 0 Å². The van der Waals surface area contributed by atoms with Gasteiger partial charge in [0.2, 0.25) is 0 Å². The summed E-state index contributed by atoms with van der Waals surface area (Å²) in [5.74, 6) is 5.80. The molecule has 1 aliphatic heterocycles. The third kappa shape index (κ3) is 3.35. The molecule has 0 spiro atoms. The van der Waals surface area contributed by atoms with Crippen LogP contribution in [0, 0.1) is 11.8 Å². The molecule has 1 aromatic rings. The van der Waals surface area contributed by atoms with Crippen LogP contribution in [0.3, 0.4) is 0 Å². The molecule has 0 atom stereocenters. The van der Waals surface area contributed by atoms with Gasteiger partial charge in [0.25, 0.3) is 5.91 Å². The van der Waals surface area contributed by atoms with Gasteiger partial charge in [-0.2, -0.15) is 0 Å². The fourth-order valence-electron chi connectivity index (χ4n) is 2.12. The molecule has 5 heteroatoms. The molecule has 2 rings (SSSR count). The number of rotatable bonds is 2. The van der Waals surface area contributed by atoms with Gasteiger partial charge in [0, 0.05) is 31.9 Å². The van der Waals surface area contributed by atoms with Crippen LogP contribution in [0.25, 0.3) is 0 Å². The maximum absolute atomic E-state index is 12.5. The number of carbonyl (C=O) groups excluding carboxylic acids is 1. The Morgan fingerprint density at radius 2 is 2.32 bits per heavy atom. The number of carbonyl (C=O) groups is 1. The van der Waals surface area contributed by atoms with E-state index in [0.717, 1.165) is 31.6 Å². The summed E-state index contributed by atoms with van der Waals surface area (Å²) in [5, 5.41) is 1.89. The van der Waals surface area contributed by atoms with Crippen LogP contribution in [-0.4, -0.2) is 43.7 Å². The van der Waals surface area contributed by atoms with E-state index >= 15 is 0 Å². The van der Waals surface area contributed by atoms with Crippen LogP contribution < -0.4 is 5.73 Å². The number of nitrogens with two attached hydrogens (primary N) is 1. The Bertz CT molecular complexity index is 495. The van der Waals surface area contributed by atoms with E-state index in [2.05, 4.69) is 11.8 Å². The highest BCUT2D eigenvalue weighted by atomic mass is 32.1. The molecule has 19 heavy (non-hydrogen) atoms. The molecular weight excluding hydrogens is 260 g/mol. The van der Waals surface area contributed by atoms with Crippen LogP contribution in [0.1, 0.15) is 28.1 Å². The Balaban J connectivity index is 2.12. The third-order valence-electron chi connectivity index (χ3n) is 3.24. The van der Waals surface area contributed by atoms with E-state index in [1.807, 2.05) is 23.4 Å². The van der Waals surface area contributed by atoms with Crippen molar-refractivity contribution in [2.75, 3.05) is 26.8 Å². The van der Waals surface area contributed by atoms with E-state index in [9.17, 15) is 4.79 Å². The minimum absolute atomic E-state index is 0.0446. The molecule has 0 saturated carbocycles. The molecule has 0 aliphatic carbocycles. The summed E-state index contributed by atoms with van der Waals surface area (Å²) in [4.78, 5) is 15.0. The fraction of sp³-hybridized carbons (Fsp3) is 0.500. The maximum atomic E-state index is 12.5. The zero-order chi connectivity index (χ0) is 13.7. The normalized spacial score (nSPS) is 15.7. The molecule has 1 aliphatic rings. The summed E-state index contributed by atoms with van der Waals surface area (Å²) in [6.07, 6.45) is 1.80. The van der Waals surface area contributed by atoms with Crippen molar-refractivity contribution < 1.29 is 9.53 Å². The lowest BCUT2D eigenvalue weighted by Gasteiger charge is -2.31. The standard InChI is InChI=1S/C14H18N2O2S/c1-16(12-4-8-18-9-5-12)14(17)13-11(3-2-7-15)6-10-19-13/h6,10,12H,4-5,7-9,15H2,1H3. The van der Waals surface area contributed by atoms with Gasteiger partial charge >= 0.3 is 0 Å². The number of ether oxygens (including phenoxy) is 1. The van der Waals surface area contributed by atoms with Crippen molar-refractivity contribution in [1.82, 2.24) is 4.90 Å². The van der Waals surface area contributed by atoms with E-state index in [1.165, 1.54) is 11.3 Å². The van der Waals surface area contributed by atoms with E-state index in [0.29, 0.717) is 11.4 Å². The van der Waals surface area contributed by atoms with Gasteiger partial charge in [-0.05, 0) is 24.3 Å². The van der Waals surface area contributed by atoms with Crippen molar-refractivity contribution in [3.8, 4) is 11.8 Å². The molecule has 0 unspecified atom stereocenters. The van der Waals surface area contributed by atoms with Gasteiger partial charge in [-0.1, -0.05) is 11.8 Å². The lowest BCUT2D eigenvalue weighted by atomic mass is 10.1. The molecule has 4 nitrogen and oxygen atoms in total. The van der Waals surface area contributed by atoms with Gasteiger partial charge in [0.15, 0.2) is 0 Å². The fourth-order valence-corrected chi connectivity index (χ4v) is 2.95. The van der Waals surface area contributed by atoms with Crippen LogP contribution in [0.5, 0.6) is 0 Å². The highest BCUT2D eigenvalue weighted by Crippen LogP contribution is 2.21. The molecule has 0 aromatic carbocycles. The first kappa shape index (κ1) is 14.1. The summed E-state index contributed by atoms with van der Waals surface area (Å²) in [5.41, 5.74) is 6.15. The first-order chi connectivity index (χ1) is 9.24. The predicted molar refractivity (Wildman–Crippen MR) is 76.2 cm³/mol. The summed E-state index contributed by atoms with van der Waals surface area (Å²) < 4.78 is 5.33. The Morgan fingerprint density at radius 1 is 1.58 bits per heavy atom. The van der Waals surface area contributed by atoms with E-state index in [-0.39, 0.29) is 11.9 Å². The summed E-state index contributed by atoms with van der Waals surface area (Å²) in [6, 6.07) is 2.14. The molecule has 1 saturated heterocycles. The number of thiophene rings is 1. The van der Waals surface area contributed by atoms with Gasteiger partial charge in [-0.3, -0.25) is 4.79 Å². The Hall–Kier alpha value is -1.35. The SMILES string of the molecule is CN(C(=O)c1sccc1C#CCN)C1CCOCC1. The van der Waals surface area contributed by atoms with E-state index in [1.54, 1.807) is 0 Å². The average molecular weight is 278 g/mol. The summed E-state index contributed by atoms with van der Waals surface area (Å²) >= 11 is 1.43. The molecule has 2 heterocycles. The van der Waals surface area contributed by atoms with Crippen LogP contribution in [0.15, 0.2) is 11.4 Å². The Kier molecular flexibility index (Phi) is 4.97. The second-order valence-electron chi connectivity index (χ2n) is 4.43. The maximum Gasteiger partial charge on any atom is 0.265 e. The molecule has 0 bridgehead atoms. The van der Waals surface area contributed by atoms with Crippen molar-refractivity contribution in [1.29, 1.82) is 0 Å². The zero-order valence-electron chi connectivity index (χ0n) is 11.0. The molecular formula is C14H18N2O2S. The number of amides is 1. The van der Waals surface area contributed by atoms with Crippen molar-refractivity contribution in [2.45, 2.75) is 18.9 Å². The minimum atomic E-state index is 0.0446. The number of hydrogen-bond acceptors (Lipinski definition) is 4. The number of hydrogen-bond donors (Lipinski definition) is 1. The van der Waals surface area contributed by atoms with Crippen molar-refractivity contribution in [3.05, 3.63) is 21.9 Å². The summed E-state index contributed by atoms with van der Waals surface area (Å²) in [7, 11) is 1.86. The van der Waals surface area contributed by atoms with E-state index in [4.69, 9.17) is 10.5 Å². The molecule has 1 fully saturated rings. The second kappa shape index (κ2) is 6.71. The topological polar surface area (TPSA) is 55.6 Å². The van der Waals surface area contributed by atoms with Gasteiger partial charge in [0.05, 0.1) is 6.54 Å². The average Bonchev–Trinajstić information content (AvgIpc) is 2.92. The van der Waals surface area contributed by atoms with Gasteiger partial charge in [-0.15, -0.1) is 11.3 Å². The first-order valence-electron chi connectivity index (χ1n) is 6.35. The summed E-state index contributed by atoms with van der Waals surface area (Å²) in [6.45, 7) is 1.76. The quantitative estimate of drug-likeness (QED) is 0.830. The smallest absolute Gasteiger partial charge is 0.265 e. The molecule has 2 N–H and O–H groups in total. The molecule has 102 valence electrons. The lowest BCUT2D eigenvalue weighted by Crippen LogP contribution is -2.40. The molecule has 1 amide bonds. The van der Waals surface area contributed by atoms with E-state index < -0.39 is 0 Å². The highest BCUT2D eigenvalue weighted by Gasteiger charge is 2.25. The monoisotopic (exact) mass is 278 g/mol. The van der Waals surface area contributed by atoms with Gasteiger partial charge in [0.1, 0.15) is 4.88 Å². The largest absolute Gasteiger partial charge is 0.381 e. The second-order valence-corrected chi connectivity index (χ2v) is 5.35. The Morgan fingerprint density at radius 3 is 3.00 bits per heavy atom. The van der Waals surface area contributed by atoms with Crippen LogP contribution in [-0.2, 0) is 4.74 Å². The Labute approximate surface area is 117 Å². The minimum Gasteiger partial charge on any atom is -0.381 e. The zero-order valence-corrected chi connectivity index (χ0v) is 11.8. The van der Waals surface area contributed by atoms with Crippen molar-refractivity contribution in [2.24, 2.45) is 5.73 Å². The third-order valence-corrected chi connectivity index (χ3v) is 4.15. The van der Waals surface area contributed by atoms with Gasteiger partial charge < -0.3 is 15.4 Å².